The van der Waals surface area contributed by atoms with E-state index in [1.807, 2.05) is 6.08 Å². The van der Waals surface area contributed by atoms with Crippen molar-refractivity contribution in [2.45, 2.75) is 78.0 Å². The van der Waals surface area contributed by atoms with Gasteiger partial charge >= 0.3 is 0 Å². The van der Waals surface area contributed by atoms with Gasteiger partial charge in [-0.1, -0.05) is 12.5 Å². The van der Waals surface area contributed by atoms with Gasteiger partial charge in [0.15, 0.2) is 0 Å². The lowest BCUT2D eigenvalue weighted by Gasteiger charge is -2.45. The Balaban J connectivity index is 1.83. The highest BCUT2D eigenvalue weighted by molar-refractivity contribution is 5.88. The number of hydrogen-bond acceptors (Lipinski definition) is 3. The van der Waals surface area contributed by atoms with Gasteiger partial charge in [0.1, 0.15) is 0 Å². The topological polar surface area (TPSA) is 41.6 Å². The Morgan fingerprint density at radius 3 is 2.35 bits per heavy atom. The molecule has 2 aliphatic rings. The van der Waals surface area contributed by atoms with E-state index in [9.17, 15) is 4.79 Å². The molecule has 0 radical (unpaired) electrons. The van der Waals surface area contributed by atoms with Gasteiger partial charge in [-0.2, -0.15) is 0 Å². The lowest BCUT2D eigenvalue weighted by Crippen LogP contribution is -2.58. The minimum atomic E-state index is -0.0540. The zero-order valence-electron chi connectivity index (χ0n) is 15.5. The van der Waals surface area contributed by atoms with E-state index in [-0.39, 0.29) is 23.7 Å². The number of amides is 1. The van der Waals surface area contributed by atoms with Crippen LogP contribution in [0, 0.1) is 5.92 Å². The Hall–Kier alpha value is -0.870. The Bertz CT molecular complexity index is 425. The summed E-state index contributed by atoms with van der Waals surface area (Å²) >= 11 is 0. The molecule has 132 valence electrons. The lowest BCUT2D eigenvalue weighted by molar-refractivity contribution is -0.118. The largest absolute Gasteiger partial charge is 0.373 e. The number of carbonyl (C=O) groups excluding carboxylic acids is 1. The van der Waals surface area contributed by atoms with E-state index in [1.165, 1.54) is 18.4 Å². The molecule has 1 saturated heterocycles. The Labute approximate surface area is 141 Å². The quantitative estimate of drug-likeness (QED) is 0.809. The predicted octanol–water partition coefficient (Wildman–Crippen LogP) is 3.13. The average Bonchev–Trinajstić information content (AvgIpc) is 2.47. The van der Waals surface area contributed by atoms with E-state index in [2.05, 4.69) is 44.8 Å². The highest BCUT2D eigenvalue weighted by Crippen LogP contribution is 2.27. The van der Waals surface area contributed by atoms with Gasteiger partial charge in [0.25, 0.3) is 0 Å². The molecule has 1 N–H and O–H groups in total. The van der Waals surface area contributed by atoms with Gasteiger partial charge < -0.3 is 10.1 Å². The van der Waals surface area contributed by atoms with Crippen molar-refractivity contribution in [1.82, 2.24) is 10.2 Å². The standard InChI is InChI=1S/C19H34N2O2/c1-14-6-8-17(9-7-14)10-18(22)20-13-19(4,5)21-11-15(2)23-16(3)12-21/h10,14-16H,6-9,11-13H2,1-5H3,(H,20,22)/t14?,15-,16+. The minimum Gasteiger partial charge on any atom is -0.373 e. The Kier molecular flexibility index (Phi) is 6.26. The molecule has 1 heterocycles. The number of rotatable bonds is 4. The molecule has 23 heavy (non-hydrogen) atoms. The molecule has 1 amide bonds. The van der Waals surface area contributed by atoms with Crippen LogP contribution >= 0.6 is 0 Å². The van der Waals surface area contributed by atoms with Crippen molar-refractivity contribution in [1.29, 1.82) is 0 Å². The van der Waals surface area contributed by atoms with Crippen LogP contribution in [-0.4, -0.2) is 48.2 Å². The SMILES string of the molecule is CC1CCC(=CC(=O)NCC(C)(C)N2C[C@@H](C)O[C@@H](C)C2)CC1. The second-order valence-corrected chi connectivity index (χ2v) is 8.18. The zero-order chi connectivity index (χ0) is 17.0. The second-order valence-electron chi connectivity index (χ2n) is 8.18. The van der Waals surface area contributed by atoms with Crippen molar-refractivity contribution in [3.05, 3.63) is 11.6 Å². The smallest absolute Gasteiger partial charge is 0.243 e. The fourth-order valence-corrected chi connectivity index (χ4v) is 3.60. The number of allylic oxidation sites excluding steroid dienone is 1. The monoisotopic (exact) mass is 322 g/mol. The van der Waals surface area contributed by atoms with Crippen LogP contribution < -0.4 is 5.32 Å². The fourth-order valence-electron chi connectivity index (χ4n) is 3.60. The highest BCUT2D eigenvalue weighted by atomic mass is 16.5. The first kappa shape index (κ1) is 18.5. The molecule has 0 aromatic rings. The van der Waals surface area contributed by atoms with Crippen LogP contribution in [0.25, 0.3) is 0 Å². The van der Waals surface area contributed by atoms with Crippen molar-refractivity contribution < 1.29 is 9.53 Å². The van der Waals surface area contributed by atoms with Crippen molar-refractivity contribution in [2.75, 3.05) is 19.6 Å². The molecule has 4 nitrogen and oxygen atoms in total. The van der Waals surface area contributed by atoms with Crippen LogP contribution in [-0.2, 0) is 9.53 Å². The summed E-state index contributed by atoms with van der Waals surface area (Å²) < 4.78 is 5.81. The van der Waals surface area contributed by atoms with Gasteiger partial charge in [-0.15, -0.1) is 0 Å². The Morgan fingerprint density at radius 2 is 1.78 bits per heavy atom. The third-order valence-electron chi connectivity index (χ3n) is 5.22. The minimum absolute atomic E-state index is 0.0540. The molecular formula is C19H34N2O2. The van der Waals surface area contributed by atoms with Gasteiger partial charge in [0.05, 0.1) is 12.2 Å². The molecule has 0 aromatic heterocycles. The van der Waals surface area contributed by atoms with E-state index in [0.29, 0.717) is 6.54 Å². The van der Waals surface area contributed by atoms with E-state index < -0.39 is 0 Å². The number of morpholine rings is 1. The molecule has 2 fully saturated rings. The van der Waals surface area contributed by atoms with Crippen LogP contribution in [0.1, 0.15) is 60.3 Å². The van der Waals surface area contributed by atoms with Crippen molar-refractivity contribution in [3.63, 3.8) is 0 Å². The van der Waals surface area contributed by atoms with Crippen molar-refractivity contribution in [2.24, 2.45) is 5.92 Å². The van der Waals surface area contributed by atoms with Crippen LogP contribution in [0.5, 0.6) is 0 Å². The van der Waals surface area contributed by atoms with Crippen LogP contribution in [0.4, 0.5) is 0 Å². The summed E-state index contributed by atoms with van der Waals surface area (Å²) in [6.07, 6.45) is 6.93. The van der Waals surface area contributed by atoms with Gasteiger partial charge in [0.2, 0.25) is 5.91 Å². The van der Waals surface area contributed by atoms with Gasteiger partial charge in [-0.3, -0.25) is 9.69 Å². The first-order chi connectivity index (χ1) is 10.8. The number of nitrogens with zero attached hydrogens (tertiary/aromatic N) is 1. The molecule has 2 atom stereocenters. The zero-order valence-corrected chi connectivity index (χ0v) is 15.5. The molecule has 0 bridgehead atoms. The van der Waals surface area contributed by atoms with Crippen LogP contribution in [0.15, 0.2) is 11.6 Å². The van der Waals surface area contributed by atoms with Gasteiger partial charge in [-0.25, -0.2) is 0 Å². The third kappa shape index (κ3) is 5.61. The summed E-state index contributed by atoms with van der Waals surface area (Å²) in [4.78, 5) is 14.7. The molecule has 0 spiro atoms. The highest BCUT2D eigenvalue weighted by Gasteiger charge is 2.33. The summed E-state index contributed by atoms with van der Waals surface area (Å²) in [6, 6.07) is 0. The molecule has 2 rings (SSSR count). The van der Waals surface area contributed by atoms with E-state index in [1.54, 1.807) is 0 Å². The van der Waals surface area contributed by atoms with Crippen molar-refractivity contribution in [3.8, 4) is 0 Å². The predicted molar refractivity (Wildman–Crippen MR) is 94.4 cm³/mol. The third-order valence-corrected chi connectivity index (χ3v) is 5.22. The van der Waals surface area contributed by atoms with E-state index in [4.69, 9.17) is 4.74 Å². The molecule has 0 aromatic carbocycles. The normalized spacial score (nSPS) is 30.1. The molecule has 0 unspecified atom stereocenters. The number of nitrogens with one attached hydrogen (secondary N) is 1. The second kappa shape index (κ2) is 7.80. The maximum Gasteiger partial charge on any atom is 0.243 e. The first-order valence-electron chi connectivity index (χ1n) is 9.14. The maximum absolute atomic E-state index is 12.2. The summed E-state index contributed by atoms with van der Waals surface area (Å²) in [5, 5.41) is 3.11. The van der Waals surface area contributed by atoms with E-state index in [0.717, 1.165) is 31.8 Å². The molecular weight excluding hydrogens is 288 g/mol. The lowest BCUT2D eigenvalue weighted by atomic mass is 9.87. The summed E-state index contributed by atoms with van der Waals surface area (Å²) in [6.45, 7) is 13.5. The van der Waals surface area contributed by atoms with Crippen LogP contribution in [0.2, 0.25) is 0 Å². The summed E-state index contributed by atoms with van der Waals surface area (Å²) in [5.74, 6) is 0.872. The van der Waals surface area contributed by atoms with Crippen molar-refractivity contribution >= 4 is 5.91 Å². The van der Waals surface area contributed by atoms with Gasteiger partial charge in [-0.05, 0) is 59.3 Å². The fraction of sp³-hybridized carbons (Fsp3) is 0.842. The average molecular weight is 322 g/mol. The summed E-state index contributed by atoms with van der Waals surface area (Å²) in [5.41, 5.74) is 1.26. The molecule has 1 aliphatic heterocycles. The van der Waals surface area contributed by atoms with Crippen LogP contribution in [0.3, 0.4) is 0 Å². The molecule has 4 heteroatoms. The molecule has 1 aliphatic carbocycles. The maximum atomic E-state index is 12.2. The number of hydrogen-bond donors (Lipinski definition) is 1. The van der Waals surface area contributed by atoms with Gasteiger partial charge in [0, 0.05) is 31.2 Å². The number of carbonyl (C=O) groups is 1. The van der Waals surface area contributed by atoms with E-state index >= 15 is 0 Å². The summed E-state index contributed by atoms with van der Waals surface area (Å²) in [7, 11) is 0. The first-order valence-corrected chi connectivity index (χ1v) is 9.14. The molecule has 1 saturated carbocycles. The Morgan fingerprint density at radius 1 is 1.22 bits per heavy atom. The number of ether oxygens (including phenoxy) is 1.